The van der Waals surface area contributed by atoms with Gasteiger partial charge in [0.2, 0.25) is 0 Å². The number of hydrogen-bond donors (Lipinski definition) is 1. The highest BCUT2D eigenvalue weighted by Gasteiger charge is 2.27. The van der Waals surface area contributed by atoms with E-state index in [4.69, 9.17) is 0 Å². The molecule has 0 aliphatic rings. The second-order valence-electron chi connectivity index (χ2n) is 5.59. The molecule has 0 heterocycles. The van der Waals surface area contributed by atoms with Gasteiger partial charge in [-0.2, -0.15) is 11.8 Å². The highest BCUT2D eigenvalue weighted by atomic mass is 32.2. The van der Waals surface area contributed by atoms with Crippen molar-refractivity contribution in [2.45, 2.75) is 51.2 Å². The topological polar surface area (TPSA) is 46.2 Å². The maximum atomic E-state index is 11.8. The Bertz CT molecular complexity index is 295. The monoisotopic (exact) mass is 295 g/mol. The zero-order valence-corrected chi connectivity index (χ0v) is 13.9. The fraction of sp³-hybridized carbons (Fsp3) is 1.00. The highest BCUT2D eigenvalue weighted by molar-refractivity contribution is 7.98. The number of hydrogen-bond acceptors (Lipinski definition) is 4. The second kappa shape index (κ2) is 9.21. The summed E-state index contributed by atoms with van der Waals surface area (Å²) in [5.41, 5.74) is 0. The molecule has 0 spiro atoms. The summed E-state index contributed by atoms with van der Waals surface area (Å²) in [5.74, 6) is 1.49. The summed E-state index contributed by atoms with van der Waals surface area (Å²) in [6.45, 7) is 6.78. The molecular weight excluding hydrogens is 266 g/mol. The Labute approximate surface area is 117 Å². The molecule has 0 unspecified atom stereocenters. The molecule has 0 fully saturated rings. The van der Waals surface area contributed by atoms with Crippen LogP contribution in [0.15, 0.2) is 0 Å². The minimum Gasteiger partial charge on any atom is -0.316 e. The number of thioether (sulfide) groups is 1. The Morgan fingerprint density at radius 2 is 1.61 bits per heavy atom. The van der Waals surface area contributed by atoms with Gasteiger partial charge in [-0.05, 0) is 52.2 Å². The van der Waals surface area contributed by atoms with Gasteiger partial charge in [0.1, 0.15) is 0 Å². The van der Waals surface area contributed by atoms with Gasteiger partial charge in [-0.25, -0.2) is 8.42 Å². The predicted octanol–water partition coefficient (Wildman–Crippen LogP) is 2.71. The fourth-order valence-electron chi connectivity index (χ4n) is 1.49. The standard InChI is InChI=1S/C13H29NO2S2/c1-13(2,3)18(15,16)12-10-14-9-7-5-6-8-11-17-4/h14H,5-12H2,1-4H3. The van der Waals surface area contributed by atoms with Crippen LogP contribution in [0.25, 0.3) is 0 Å². The average Bonchev–Trinajstić information content (AvgIpc) is 2.25. The molecule has 3 nitrogen and oxygen atoms in total. The van der Waals surface area contributed by atoms with E-state index in [0.29, 0.717) is 6.54 Å². The van der Waals surface area contributed by atoms with Gasteiger partial charge in [-0.1, -0.05) is 12.8 Å². The Kier molecular flexibility index (Phi) is 9.34. The number of nitrogens with one attached hydrogen (secondary N) is 1. The molecule has 0 bridgehead atoms. The van der Waals surface area contributed by atoms with Crippen molar-refractivity contribution < 1.29 is 8.42 Å². The molecule has 0 saturated heterocycles. The van der Waals surface area contributed by atoms with Crippen LogP contribution in [-0.4, -0.2) is 44.0 Å². The molecule has 0 aromatic carbocycles. The summed E-state index contributed by atoms with van der Waals surface area (Å²) in [6, 6.07) is 0. The molecule has 0 aromatic rings. The van der Waals surface area contributed by atoms with Crippen molar-refractivity contribution in [3.63, 3.8) is 0 Å². The van der Waals surface area contributed by atoms with E-state index in [9.17, 15) is 8.42 Å². The number of unbranched alkanes of at least 4 members (excludes halogenated alkanes) is 3. The van der Waals surface area contributed by atoms with E-state index in [2.05, 4.69) is 11.6 Å². The molecule has 0 aliphatic carbocycles. The highest BCUT2D eigenvalue weighted by Crippen LogP contribution is 2.15. The van der Waals surface area contributed by atoms with E-state index in [1.54, 1.807) is 20.8 Å². The third-order valence-electron chi connectivity index (χ3n) is 2.93. The number of sulfone groups is 1. The van der Waals surface area contributed by atoms with Gasteiger partial charge >= 0.3 is 0 Å². The van der Waals surface area contributed by atoms with E-state index >= 15 is 0 Å². The van der Waals surface area contributed by atoms with Crippen LogP contribution < -0.4 is 5.32 Å². The van der Waals surface area contributed by atoms with Gasteiger partial charge in [-0.3, -0.25) is 0 Å². The largest absolute Gasteiger partial charge is 0.316 e. The summed E-state index contributed by atoms with van der Waals surface area (Å²) < 4.78 is 23.0. The smallest absolute Gasteiger partial charge is 0.156 e. The Morgan fingerprint density at radius 3 is 2.17 bits per heavy atom. The van der Waals surface area contributed by atoms with E-state index in [1.807, 2.05) is 11.8 Å². The average molecular weight is 296 g/mol. The van der Waals surface area contributed by atoms with Crippen LogP contribution >= 0.6 is 11.8 Å². The van der Waals surface area contributed by atoms with Crippen molar-refractivity contribution in [1.82, 2.24) is 5.32 Å². The lowest BCUT2D eigenvalue weighted by atomic mass is 10.2. The predicted molar refractivity (Wildman–Crippen MR) is 83.3 cm³/mol. The summed E-state index contributed by atoms with van der Waals surface area (Å²) in [6.07, 6.45) is 7.09. The molecule has 1 N–H and O–H groups in total. The van der Waals surface area contributed by atoms with Gasteiger partial charge in [0.05, 0.1) is 10.5 Å². The minimum absolute atomic E-state index is 0.239. The molecule has 18 heavy (non-hydrogen) atoms. The van der Waals surface area contributed by atoms with Gasteiger partial charge in [0, 0.05) is 6.54 Å². The summed E-state index contributed by atoms with van der Waals surface area (Å²) in [4.78, 5) is 0. The van der Waals surface area contributed by atoms with Crippen molar-refractivity contribution in [3.05, 3.63) is 0 Å². The Morgan fingerprint density at radius 1 is 1.00 bits per heavy atom. The SMILES string of the molecule is CSCCCCCCNCCS(=O)(=O)C(C)(C)C. The Balaban J connectivity index is 3.47. The lowest BCUT2D eigenvalue weighted by Crippen LogP contribution is -2.34. The van der Waals surface area contributed by atoms with Gasteiger partial charge in [0.25, 0.3) is 0 Å². The lowest BCUT2D eigenvalue weighted by molar-refractivity contribution is 0.553. The van der Waals surface area contributed by atoms with Gasteiger partial charge < -0.3 is 5.32 Å². The maximum Gasteiger partial charge on any atom is 0.156 e. The van der Waals surface area contributed by atoms with Crippen LogP contribution in [0.1, 0.15) is 46.5 Å². The quantitative estimate of drug-likeness (QED) is 0.630. The summed E-state index contributed by atoms with van der Waals surface area (Å²) >= 11 is 1.90. The molecule has 0 amide bonds. The first-order chi connectivity index (χ1) is 8.31. The first kappa shape index (κ1) is 18.3. The van der Waals surface area contributed by atoms with E-state index in [1.165, 1.54) is 25.0 Å². The van der Waals surface area contributed by atoms with Crippen LogP contribution in [0.3, 0.4) is 0 Å². The van der Waals surface area contributed by atoms with E-state index in [0.717, 1.165) is 13.0 Å². The minimum atomic E-state index is -2.97. The summed E-state index contributed by atoms with van der Waals surface area (Å²) in [7, 11) is -2.97. The van der Waals surface area contributed by atoms with Crippen molar-refractivity contribution >= 4 is 21.6 Å². The van der Waals surface area contributed by atoms with Crippen molar-refractivity contribution in [2.24, 2.45) is 0 Å². The van der Waals surface area contributed by atoms with Crippen LogP contribution in [0.5, 0.6) is 0 Å². The Hall–Kier alpha value is 0.260. The van der Waals surface area contributed by atoms with Crippen LogP contribution in [-0.2, 0) is 9.84 Å². The molecule has 0 rings (SSSR count). The normalized spacial score (nSPS) is 12.9. The molecule has 110 valence electrons. The third kappa shape index (κ3) is 8.38. The first-order valence-corrected chi connectivity index (χ1v) is 9.78. The zero-order valence-electron chi connectivity index (χ0n) is 12.3. The molecule has 0 aromatic heterocycles. The zero-order chi connectivity index (χ0) is 14.1. The molecular formula is C13H29NO2S2. The van der Waals surface area contributed by atoms with Crippen molar-refractivity contribution in [3.8, 4) is 0 Å². The second-order valence-corrected chi connectivity index (χ2v) is 9.44. The fourth-order valence-corrected chi connectivity index (χ4v) is 3.01. The van der Waals surface area contributed by atoms with Crippen LogP contribution in [0.2, 0.25) is 0 Å². The van der Waals surface area contributed by atoms with Crippen molar-refractivity contribution in [2.75, 3.05) is 30.9 Å². The van der Waals surface area contributed by atoms with Crippen LogP contribution in [0, 0.1) is 0 Å². The lowest BCUT2D eigenvalue weighted by Gasteiger charge is -2.19. The van der Waals surface area contributed by atoms with Gasteiger partial charge in [-0.15, -0.1) is 0 Å². The van der Waals surface area contributed by atoms with E-state index < -0.39 is 14.6 Å². The first-order valence-electron chi connectivity index (χ1n) is 6.73. The van der Waals surface area contributed by atoms with E-state index in [-0.39, 0.29) is 5.75 Å². The summed E-state index contributed by atoms with van der Waals surface area (Å²) in [5, 5.41) is 3.22. The molecule has 0 radical (unpaired) electrons. The van der Waals surface area contributed by atoms with Crippen LogP contribution in [0.4, 0.5) is 0 Å². The number of rotatable bonds is 10. The maximum absolute atomic E-state index is 11.8. The molecule has 0 aliphatic heterocycles. The molecule has 5 heteroatoms. The van der Waals surface area contributed by atoms with Gasteiger partial charge in [0.15, 0.2) is 9.84 Å². The third-order valence-corrected chi connectivity index (χ3v) is 6.24. The molecule has 0 saturated carbocycles. The molecule has 0 atom stereocenters. The van der Waals surface area contributed by atoms with Crippen molar-refractivity contribution in [1.29, 1.82) is 0 Å².